The first-order valence-corrected chi connectivity index (χ1v) is 6.62. The molecule has 0 aliphatic carbocycles. The Morgan fingerprint density at radius 1 is 1.45 bits per heavy atom. The van der Waals surface area contributed by atoms with Crippen LogP contribution < -0.4 is 15.8 Å². The lowest BCUT2D eigenvalue weighted by Gasteiger charge is -2.16. The van der Waals surface area contributed by atoms with E-state index in [0.717, 1.165) is 11.3 Å². The molecule has 1 unspecified atom stereocenters. The number of para-hydroxylation sites is 1. The number of anilines is 2. The average Bonchev–Trinajstić information content (AvgIpc) is 2.67. The van der Waals surface area contributed by atoms with E-state index in [9.17, 15) is 9.59 Å². The Morgan fingerprint density at radius 3 is 2.80 bits per heavy atom. The molecule has 3 N–H and O–H groups in total. The van der Waals surface area contributed by atoms with E-state index in [0.29, 0.717) is 23.7 Å². The monoisotopic (exact) mass is 277 g/mol. The van der Waals surface area contributed by atoms with Crippen LogP contribution >= 0.6 is 0 Å². The molecule has 2 amide bonds. The van der Waals surface area contributed by atoms with E-state index in [-0.39, 0.29) is 18.2 Å². The van der Waals surface area contributed by atoms with Gasteiger partial charge in [0.2, 0.25) is 5.91 Å². The van der Waals surface area contributed by atoms with Gasteiger partial charge < -0.3 is 15.8 Å². The van der Waals surface area contributed by atoms with Crippen LogP contribution in [-0.2, 0) is 9.59 Å². The normalized spacial score (nSPS) is 18.5. The topological polar surface area (TPSA) is 84.7 Å². The number of rotatable bonds is 5. The van der Waals surface area contributed by atoms with Gasteiger partial charge in [0.1, 0.15) is 11.8 Å². The van der Waals surface area contributed by atoms with E-state index in [4.69, 9.17) is 10.5 Å². The first-order valence-electron chi connectivity index (χ1n) is 6.62. The standard InChI is InChI=1S/C14H19N3O3/c1-3-7-20-11-6-4-5-9(13(11)15)16-10-8-12(18)17(2)14(10)19/h4-6,10,16H,3,7-8,15H2,1-2H3. The van der Waals surface area contributed by atoms with Crippen LogP contribution in [0.2, 0.25) is 0 Å². The summed E-state index contributed by atoms with van der Waals surface area (Å²) in [6, 6.07) is 4.79. The molecule has 6 heteroatoms. The first kappa shape index (κ1) is 14.2. The van der Waals surface area contributed by atoms with Crippen molar-refractivity contribution in [1.82, 2.24) is 4.90 Å². The molecule has 0 aromatic heterocycles. The molecule has 108 valence electrons. The second-order valence-corrected chi connectivity index (χ2v) is 4.76. The molecule has 1 aliphatic heterocycles. The number of hydrogen-bond acceptors (Lipinski definition) is 5. The number of nitrogen functional groups attached to an aromatic ring is 1. The number of nitrogens with two attached hydrogens (primary N) is 1. The zero-order chi connectivity index (χ0) is 14.7. The summed E-state index contributed by atoms with van der Waals surface area (Å²) in [7, 11) is 1.48. The maximum absolute atomic E-state index is 11.9. The lowest BCUT2D eigenvalue weighted by Crippen LogP contribution is -2.32. The summed E-state index contributed by atoms with van der Waals surface area (Å²) >= 11 is 0. The fraction of sp³-hybridized carbons (Fsp3) is 0.429. The molecule has 6 nitrogen and oxygen atoms in total. The second kappa shape index (κ2) is 5.81. The molecule has 0 bridgehead atoms. The number of carbonyl (C=O) groups excluding carboxylic acids is 2. The number of nitrogens with zero attached hydrogens (tertiary/aromatic N) is 1. The summed E-state index contributed by atoms with van der Waals surface area (Å²) in [5.74, 6) is 0.153. The van der Waals surface area contributed by atoms with Crippen LogP contribution in [0.5, 0.6) is 5.75 Å². The third kappa shape index (κ3) is 2.68. The molecule has 0 spiro atoms. The summed E-state index contributed by atoms with van der Waals surface area (Å²) in [6.45, 7) is 2.59. The second-order valence-electron chi connectivity index (χ2n) is 4.76. The highest BCUT2D eigenvalue weighted by Crippen LogP contribution is 2.31. The van der Waals surface area contributed by atoms with Gasteiger partial charge in [-0.1, -0.05) is 13.0 Å². The Kier molecular flexibility index (Phi) is 4.12. The molecule has 1 fully saturated rings. The van der Waals surface area contributed by atoms with Crippen molar-refractivity contribution in [3.8, 4) is 5.75 Å². The lowest BCUT2D eigenvalue weighted by molar-refractivity contribution is -0.136. The van der Waals surface area contributed by atoms with E-state index < -0.39 is 6.04 Å². The van der Waals surface area contributed by atoms with Gasteiger partial charge in [-0.2, -0.15) is 0 Å². The smallest absolute Gasteiger partial charge is 0.251 e. The highest BCUT2D eigenvalue weighted by Gasteiger charge is 2.36. The number of benzene rings is 1. The SMILES string of the molecule is CCCOc1cccc(NC2CC(=O)N(C)C2=O)c1N. The molecule has 20 heavy (non-hydrogen) atoms. The Hall–Kier alpha value is -2.24. The van der Waals surface area contributed by atoms with Crippen LogP contribution in [-0.4, -0.2) is 36.4 Å². The summed E-state index contributed by atoms with van der Waals surface area (Å²) in [6.07, 6.45) is 1.03. The van der Waals surface area contributed by atoms with Crippen molar-refractivity contribution in [2.24, 2.45) is 0 Å². The fourth-order valence-electron chi connectivity index (χ4n) is 2.06. The predicted molar refractivity (Wildman–Crippen MR) is 76.4 cm³/mol. The minimum atomic E-state index is -0.559. The Morgan fingerprint density at radius 2 is 2.20 bits per heavy atom. The summed E-state index contributed by atoms with van der Waals surface area (Å²) < 4.78 is 5.53. The van der Waals surface area contributed by atoms with Crippen molar-refractivity contribution in [1.29, 1.82) is 0 Å². The fourth-order valence-corrected chi connectivity index (χ4v) is 2.06. The Bertz CT molecular complexity index is 530. The van der Waals surface area contributed by atoms with Gasteiger partial charge >= 0.3 is 0 Å². The number of likely N-dealkylation sites (N-methyl/N-ethyl adjacent to an activating group) is 1. The molecule has 1 aromatic carbocycles. The van der Waals surface area contributed by atoms with Gasteiger partial charge in [-0.15, -0.1) is 0 Å². The lowest BCUT2D eigenvalue weighted by atomic mass is 10.2. The minimum absolute atomic E-state index is 0.148. The molecular formula is C14H19N3O3. The number of amides is 2. The van der Waals surface area contributed by atoms with E-state index >= 15 is 0 Å². The average molecular weight is 277 g/mol. The van der Waals surface area contributed by atoms with Crippen LogP contribution in [0.4, 0.5) is 11.4 Å². The molecule has 0 saturated carbocycles. The van der Waals surface area contributed by atoms with Crippen LogP contribution in [0, 0.1) is 0 Å². The van der Waals surface area contributed by atoms with Crippen molar-refractivity contribution < 1.29 is 14.3 Å². The number of likely N-dealkylation sites (tertiary alicyclic amines) is 1. The van der Waals surface area contributed by atoms with Crippen LogP contribution in [0.3, 0.4) is 0 Å². The van der Waals surface area contributed by atoms with E-state index in [1.54, 1.807) is 18.2 Å². The number of nitrogens with one attached hydrogen (secondary N) is 1. The highest BCUT2D eigenvalue weighted by molar-refractivity contribution is 6.06. The number of hydrogen-bond donors (Lipinski definition) is 2. The van der Waals surface area contributed by atoms with Crippen molar-refractivity contribution in [2.75, 3.05) is 24.7 Å². The molecule has 2 rings (SSSR count). The maximum Gasteiger partial charge on any atom is 0.251 e. The third-order valence-corrected chi connectivity index (χ3v) is 3.24. The highest BCUT2D eigenvalue weighted by atomic mass is 16.5. The number of ether oxygens (including phenoxy) is 1. The minimum Gasteiger partial charge on any atom is -0.491 e. The van der Waals surface area contributed by atoms with Crippen molar-refractivity contribution in [3.05, 3.63) is 18.2 Å². The number of carbonyl (C=O) groups is 2. The van der Waals surface area contributed by atoms with Gasteiger partial charge in [0.25, 0.3) is 5.91 Å². The summed E-state index contributed by atoms with van der Waals surface area (Å²) in [5.41, 5.74) is 7.09. The third-order valence-electron chi connectivity index (χ3n) is 3.24. The van der Waals surface area contributed by atoms with Crippen LogP contribution in [0.15, 0.2) is 18.2 Å². The zero-order valence-electron chi connectivity index (χ0n) is 11.7. The van der Waals surface area contributed by atoms with Gasteiger partial charge in [-0.25, -0.2) is 0 Å². The summed E-state index contributed by atoms with van der Waals surface area (Å²) in [5, 5.41) is 3.02. The van der Waals surface area contributed by atoms with E-state index in [1.807, 2.05) is 6.92 Å². The molecule has 1 aliphatic rings. The van der Waals surface area contributed by atoms with Crippen molar-refractivity contribution in [3.63, 3.8) is 0 Å². The molecule has 1 saturated heterocycles. The largest absolute Gasteiger partial charge is 0.491 e. The number of imide groups is 1. The Labute approximate surface area is 117 Å². The predicted octanol–water partition coefficient (Wildman–Crippen LogP) is 1.23. The quantitative estimate of drug-likeness (QED) is 0.624. The summed E-state index contributed by atoms with van der Waals surface area (Å²) in [4.78, 5) is 24.5. The van der Waals surface area contributed by atoms with E-state index in [2.05, 4.69) is 5.32 Å². The molecule has 1 aromatic rings. The Balaban J connectivity index is 2.14. The van der Waals surface area contributed by atoms with Crippen LogP contribution in [0.25, 0.3) is 0 Å². The van der Waals surface area contributed by atoms with Crippen molar-refractivity contribution >= 4 is 23.2 Å². The van der Waals surface area contributed by atoms with Gasteiger partial charge in [0.05, 0.1) is 24.4 Å². The maximum atomic E-state index is 11.9. The van der Waals surface area contributed by atoms with Gasteiger partial charge in [-0.3, -0.25) is 14.5 Å². The van der Waals surface area contributed by atoms with Gasteiger partial charge in [0.15, 0.2) is 0 Å². The van der Waals surface area contributed by atoms with Gasteiger partial charge in [-0.05, 0) is 18.6 Å². The van der Waals surface area contributed by atoms with Crippen LogP contribution in [0.1, 0.15) is 19.8 Å². The van der Waals surface area contributed by atoms with Crippen molar-refractivity contribution in [2.45, 2.75) is 25.8 Å². The molecular weight excluding hydrogens is 258 g/mol. The first-order chi connectivity index (χ1) is 9.54. The van der Waals surface area contributed by atoms with Gasteiger partial charge in [0, 0.05) is 7.05 Å². The molecule has 0 radical (unpaired) electrons. The zero-order valence-corrected chi connectivity index (χ0v) is 11.7. The molecule has 1 atom stereocenters. The molecule has 1 heterocycles. The van der Waals surface area contributed by atoms with E-state index in [1.165, 1.54) is 7.05 Å².